The molecule has 96 valence electrons. The fraction of sp³-hybridized carbons (Fsp3) is 0.357. The van der Waals surface area contributed by atoms with Crippen molar-refractivity contribution >= 4 is 17.3 Å². The van der Waals surface area contributed by atoms with E-state index in [1.54, 1.807) is 0 Å². The molecule has 0 saturated heterocycles. The van der Waals surface area contributed by atoms with E-state index in [1.165, 1.54) is 0 Å². The number of aromatic nitrogens is 2. The normalized spacial score (nSPS) is 10.9. The van der Waals surface area contributed by atoms with Crippen molar-refractivity contribution in [3.8, 4) is 0 Å². The van der Waals surface area contributed by atoms with Crippen molar-refractivity contribution in [3.63, 3.8) is 0 Å². The van der Waals surface area contributed by atoms with Crippen molar-refractivity contribution in [2.75, 3.05) is 11.9 Å². The molecule has 0 amide bonds. The molecule has 3 nitrogen and oxygen atoms in total. The van der Waals surface area contributed by atoms with E-state index >= 15 is 0 Å². The smallest absolute Gasteiger partial charge is 0.111 e. The molecule has 0 atom stereocenters. The summed E-state index contributed by atoms with van der Waals surface area (Å²) in [7, 11) is 0. The van der Waals surface area contributed by atoms with E-state index in [2.05, 4.69) is 28.7 Å². The number of rotatable bonds is 5. The first-order valence-corrected chi connectivity index (χ1v) is 6.55. The summed E-state index contributed by atoms with van der Waals surface area (Å²) in [6, 6.07) is 7.77. The molecule has 0 aliphatic rings. The molecule has 0 unspecified atom stereocenters. The largest absolute Gasteiger partial charge is 0.383 e. The maximum absolute atomic E-state index is 5.93. The number of halogens is 1. The van der Waals surface area contributed by atoms with Gasteiger partial charge < -0.3 is 9.88 Å². The van der Waals surface area contributed by atoms with Gasteiger partial charge >= 0.3 is 0 Å². The predicted molar refractivity (Wildman–Crippen MR) is 76.3 cm³/mol. The summed E-state index contributed by atoms with van der Waals surface area (Å²) in [4.78, 5) is 4.37. The summed E-state index contributed by atoms with van der Waals surface area (Å²) in [5, 5.41) is 4.11. The Bertz CT molecular complexity index is 505. The average molecular weight is 264 g/mol. The summed E-state index contributed by atoms with van der Waals surface area (Å²) >= 11 is 5.93. The Morgan fingerprint density at radius 1 is 1.39 bits per heavy atom. The van der Waals surface area contributed by atoms with Crippen LogP contribution in [0.4, 0.5) is 5.69 Å². The highest BCUT2D eigenvalue weighted by Gasteiger charge is 2.06. The number of benzene rings is 1. The van der Waals surface area contributed by atoms with Crippen molar-refractivity contribution in [2.45, 2.75) is 26.3 Å². The Morgan fingerprint density at radius 3 is 2.94 bits per heavy atom. The predicted octanol–water partition coefficient (Wildman–Crippen LogP) is 3.77. The van der Waals surface area contributed by atoms with Crippen molar-refractivity contribution in [2.24, 2.45) is 0 Å². The van der Waals surface area contributed by atoms with E-state index in [0.717, 1.165) is 29.6 Å². The van der Waals surface area contributed by atoms with E-state index in [0.29, 0.717) is 5.92 Å². The molecule has 4 heteroatoms. The molecule has 1 aromatic heterocycles. The third kappa shape index (κ3) is 3.26. The zero-order chi connectivity index (χ0) is 13.0. The van der Waals surface area contributed by atoms with E-state index in [1.807, 2.05) is 36.7 Å². The quantitative estimate of drug-likeness (QED) is 0.890. The Kier molecular flexibility index (Phi) is 4.26. The average Bonchev–Trinajstić information content (AvgIpc) is 2.77. The number of hydrogen-bond acceptors (Lipinski definition) is 2. The number of anilines is 1. The van der Waals surface area contributed by atoms with Gasteiger partial charge in [0, 0.05) is 42.1 Å². The van der Waals surface area contributed by atoms with Crippen LogP contribution in [0.5, 0.6) is 0 Å². The molecular formula is C14H18ClN3. The van der Waals surface area contributed by atoms with Crippen LogP contribution in [0, 0.1) is 0 Å². The Hall–Kier alpha value is -1.48. The van der Waals surface area contributed by atoms with Crippen LogP contribution in [0.3, 0.4) is 0 Å². The maximum atomic E-state index is 5.93. The van der Waals surface area contributed by atoms with Gasteiger partial charge in [0.25, 0.3) is 0 Å². The van der Waals surface area contributed by atoms with Crippen LogP contribution in [0.15, 0.2) is 36.7 Å². The summed E-state index contributed by atoms with van der Waals surface area (Å²) in [5.41, 5.74) is 1.05. The van der Waals surface area contributed by atoms with Gasteiger partial charge in [-0.15, -0.1) is 0 Å². The second kappa shape index (κ2) is 5.91. The maximum Gasteiger partial charge on any atom is 0.111 e. The van der Waals surface area contributed by atoms with Gasteiger partial charge in [-0.3, -0.25) is 0 Å². The first-order chi connectivity index (χ1) is 8.66. The summed E-state index contributed by atoms with van der Waals surface area (Å²) in [6.07, 6.45) is 3.88. The minimum atomic E-state index is 0.450. The Balaban J connectivity index is 1.90. The van der Waals surface area contributed by atoms with Gasteiger partial charge in [-0.25, -0.2) is 4.98 Å². The Morgan fingerprint density at radius 2 is 2.22 bits per heavy atom. The summed E-state index contributed by atoms with van der Waals surface area (Å²) in [5.74, 6) is 1.58. The molecule has 1 heterocycles. The fourth-order valence-corrected chi connectivity index (χ4v) is 2.12. The molecule has 1 N–H and O–H groups in total. The van der Waals surface area contributed by atoms with E-state index in [9.17, 15) is 0 Å². The van der Waals surface area contributed by atoms with Crippen LogP contribution in [0.2, 0.25) is 5.02 Å². The highest BCUT2D eigenvalue weighted by Crippen LogP contribution is 2.15. The van der Waals surface area contributed by atoms with Crippen LogP contribution in [-0.4, -0.2) is 16.1 Å². The number of nitrogens with zero attached hydrogens (tertiary/aromatic N) is 2. The van der Waals surface area contributed by atoms with Gasteiger partial charge in [-0.1, -0.05) is 31.5 Å². The molecule has 18 heavy (non-hydrogen) atoms. The van der Waals surface area contributed by atoms with Gasteiger partial charge in [-0.05, 0) is 18.2 Å². The third-order valence-electron chi connectivity index (χ3n) is 2.77. The molecule has 0 spiro atoms. The molecule has 0 bridgehead atoms. The molecule has 0 radical (unpaired) electrons. The van der Waals surface area contributed by atoms with Gasteiger partial charge in [0.05, 0.1) is 0 Å². The van der Waals surface area contributed by atoms with Gasteiger partial charge in [0.2, 0.25) is 0 Å². The fourth-order valence-electron chi connectivity index (χ4n) is 1.93. The standard InChI is InChI=1S/C14H18ClN3/c1-11(2)14-17-7-9-18(14)8-6-16-13-5-3-4-12(15)10-13/h3-5,7,9-11,16H,6,8H2,1-2H3. The van der Waals surface area contributed by atoms with E-state index in [4.69, 9.17) is 11.6 Å². The first-order valence-electron chi connectivity index (χ1n) is 6.17. The zero-order valence-corrected chi connectivity index (χ0v) is 11.5. The SMILES string of the molecule is CC(C)c1nccn1CCNc1cccc(Cl)c1. The molecular weight excluding hydrogens is 246 g/mol. The van der Waals surface area contributed by atoms with Crippen molar-refractivity contribution in [3.05, 3.63) is 47.5 Å². The zero-order valence-electron chi connectivity index (χ0n) is 10.7. The molecule has 0 aliphatic carbocycles. The van der Waals surface area contributed by atoms with Crippen molar-refractivity contribution in [1.82, 2.24) is 9.55 Å². The minimum Gasteiger partial charge on any atom is -0.383 e. The second-order valence-electron chi connectivity index (χ2n) is 4.57. The lowest BCUT2D eigenvalue weighted by Crippen LogP contribution is -2.13. The third-order valence-corrected chi connectivity index (χ3v) is 3.01. The van der Waals surface area contributed by atoms with Gasteiger partial charge in [-0.2, -0.15) is 0 Å². The molecule has 1 aromatic carbocycles. The van der Waals surface area contributed by atoms with Crippen LogP contribution in [0.1, 0.15) is 25.6 Å². The van der Waals surface area contributed by atoms with Gasteiger partial charge in [0.15, 0.2) is 0 Å². The van der Waals surface area contributed by atoms with Crippen LogP contribution in [-0.2, 0) is 6.54 Å². The lowest BCUT2D eigenvalue weighted by molar-refractivity contribution is 0.637. The lowest BCUT2D eigenvalue weighted by atomic mass is 10.2. The Labute approximate surface area is 113 Å². The lowest BCUT2D eigenvalue weighted by Gasteiger charge is -2.11. The minimum absolute atomic E-state index is 0.450. The van der Waals surface area contributed by atoms with Gasteiger partial charge in [0.1, 0.15) is 5.82 Å². The van der Waals surface area contributed by atoms with Crippen molar-refractivity contribution < 1.29 is 0 Å². The number of imidazole rings is 1. The molecule has 0 aliphatic heterocycles. The van der Waals surface area contributed by atoms with Crippen LogP contribution >= 0.6 is 11.6 Å². The number of hydrogen-bond donors (Lipinski definition) is 1. The first kappa shape index (κ1) is 13.0. The number of nitrogens with one attached hydrogen (secondary N) is 1. The molecule has 2 aromatic rings. The van der Waals surface area contributed by atoms with Crippen molar-refractivity contribution in [1.29, 1.82) is 0 Å². The monoisotopic (exact) mass is 263 g/mol. The van der Waals surface area contributed by atoms with Crippen LogP contribution in [0.25, 0.3) is 0 Å². The second-order valence-corrected chi connectivity index (χ2v) is 5.01. The van der Waals surface area contributed by atoms with E-state index in [-0.39, 0.29) is 0 Å². The van der Waals surface area contributed by atoms with E-state index < -0.39 is 0 Å². The molecule has 0 saturated carbocycles. The topological polar surface area (TPSA) is 29.9 Å². The molecule has 2 rings (SSSR count). The van der Waals surface area contributed by atoms with Crippen LogP contribution < -0.4 is 5.32 Å². The summed E-state index contributed by atoms with van der Waals surface area (Å²) in [6.45, 7) is 6.07. The highest BCUT2D eigenvalue weighted by molar-refractivity contribution is 6.30. The highest BCUT2D eigenvalue weighted by atomic mass is 35.5. The molecule has 0 fully saturated rings. The summed E-state index contributed by atoms with van der Waals surface area (Å²) < 4.78 is 2.18.